The van der Waals surface area contributed by atoms with Crippen LogP contribution in [0.1, 0.15) is 17.2 Å². The monoisotopic (exact) mass is 488 g/mol. The minimum Gasteiger partial charge on any atom is -0.507 e. The predicted molar refractivity (Wildman–Crippen MR) is 128 cm³/mol. The number of ether oxygens (including phenoxy) is 3. The largest absolute Gasteiger partial charge is 0.507 e. The molecule has 36 heavy (non-hydrogen) atoms. The topological polar surface area (TPSA) is 128 Å². The zero-order chi connectivity index (χ0) is 25.4. The van der Waals surface area contributed by atoms with Gasteiger partial charge in [-0.25, -0.2) is 0 Å². The van der Waals surface area contributed by atoms with Gasteiger partial charge in [0.25, 0.3) is 17.4 Å². The van der Waals surface area contributed by atoms with E-state index in [9.17, 15) is 24.8 Å². The van der Waals surface area contributed by atoms with Crippen molar-refractivity contribution in [1.29, 1.82) is 0 Å². The van der Waals surface area contributed by atoms with E-state index in [1.54, 1.807) is 42.5 Å². The molecule has 10 nitrogen and oxygen atoms in total. The molecule has 3 aromatic carbocycles. The van der Waals surface area contributed by atoms with E-state index in [1.807, 2.05) is 0 Å². The zero-order valence-corrected chi connectivity index (χ0v) is 19.0. The summed E-state index contributed by atoms with van der Waals surface area (Å²) < 4.78 is 16.6. The molecule has 2 heterocycles. The number of benzene rings is 3. The van der Waals surface area contributed by atoms with E-state index >= 15 is 0 Å². The second-order valence-corrected chi connectivity index (χ2v) is 8.08. The molecule has 182 valence electrons. The van der Waals surface area contributed by atoms with Crippen molar-refractivity contribution in [3.05, 3.63) is 93.5 Å². The van der Waals surface area contributed by atoms with E-state index < -0.39 is 28.4 Å². The summed E-state index contributed by atoms with van der Waals surface area (Å²) in [5, 5.41) is 22.2. The molecule has 2 aliphatic heterocycles. The summed E-state index contributed by atoms with van der Waals surface area (Å²) >= 11 is 0. The van der Waals surface area contributed by atoms with Gasteiger partial charge in [0.1, 0.15) is 24.7 Å². The van der Waals surface area contributed by atoms with E-state index in [1.165, 1.54) is 36.3 Å². The maximum atomic E-state index is 13.3. The summed E-state index contributed by atoms with van der Waals surface area (Å²) in [6, 6.07) is 15.8. The van der Waals surface area contributed by atoms with Crippen LogP contribution in [-0.4, -0.2) is 42.0 Å². The third-order valence-corrected chi connectivity index (χ3v) is 6.01. The smallest absolute Gasteiger partial charge is 0.300 e. The van der Waals surface area contributed by atoms with Crippen LogP contribution in [0.3, 0.4) is 0 Å². The average Bonchev–Trinajstić information content (AvgIpc) is 3.18. The highest BCUT2D eigenvalue weighted by molar-refractivity contribution is 6.51. The van der Waals surface area contributed by atoms with Crippen LogP contribution in [-0.2, 0) is 9.59 Å². The Balaban J connectivity index is 1.68. The number of nitrogens with zero attached hydrogens (tertiary/aromatic N) is 2. The van der Waals surface area contributed by atoms with Crippen LogP contribution in [0.15, 0.2) is 72.3 Å². The van der Waals surface area contributed by atoms with Gasteiger partial charge in [-0.15, -0.1) is 0 Å². The number of nitro groups is 1. The number of non-ortho nitro benzene ring substituents is 1. The summed E-state index contributed by atoms with van der Waals surface area (Å²) in [5.41, 5.74) is 0.724. The highest BCUT2D eigenvalue weighted by Gasteiger charge is 2.47. The first-order valence-corrected chi connectivity index (χ1v) is 11.0. The molecule has 10 heteroatoms. The molecule has 2 aliphatic rings. The van der Waals surface area contributed by atoms with E-state index in [4.69, 9.17) is 14.2 Å². The molecule has 1 amide bonds. The van der Waals surface area contributed by atoms with E-state index in [0.29, 0.717) is 41.7 Å². The van der Waals surface area contributed by atoms with Gasteiger partial charge < -0.3 is 19.3 Å². The molecule has 1 N–H and O–H groups in total. The molecule has 0 spiro atoms. The minimum atomic E-state index is -1.00. The Hall–Kier alpha value is -4.86. The molecule has 5 rings (SSSR count). The Morgan fingerprint density at radius 2 is 1.75 bits per heavy atom. The molecule has 1 unspecified atom stereocenters. The van der Waals surface area contributed by atoms with Crippen molar-refractivity contribution >= 4 is 28.8 Å². The number of hydrogen-bond donors (Lipinski definition) is 1. The number of ketones is 1. The maximum absolute atomic E-state index is 13.3. The number of aliphatic hydroxyl groups is 1. The Morgan fingerprint density at radius 1 is 1.03 bits per heavy atom. The molecule has 1 fully saturated rings. The maximum Gasteiger partial charge on any atom is 0.300 e. The Kier molecular flexibility index (Phi) is 5.77. The number of Topliss-reactive ketones (excluding diaryl/α,β-unsaturated/α-hetero) is 1. The number of fused-ring (bicyclic) bond motifs is 1. The second-order valence-electron chi connectivity index (χ2n) is 8.08. The van der Waals surface area contributed by atoms with Gasteiger partial charge in [0, 0.05) is 29.4 Å². The van der Waals surface area contributed by atoms with Gasteiger partial charge in [0.2, 0.25) is 0 Å². The number of amides is 1. The third-order valence-electron chi connectivity index (χ3n) is 6.01. The third kappa shape index (κ3) is 3.88. The number of anilines is 1. The molecule has 3 aromatic rings. The average molecular weight is 488 g/mol. The van der Waals surface area contributed by atoms with Gasteiger partial charge in [-0.05, 0) is 42.0 Å². The summed E-state index contributed by atoms with van der Waals surface area (Å²) in [6.07, 6.45) is 0. The highest BCUT2D eigenvalue weighted by Crippen LogP contribution is 2.45. The van der Waals surface area contributed by atoms with E-state index in [0.717, 1.165) is 0 Å². The molecule has 0 aromatic heterocycles. The molecular formula is C26H20N2O8. The SMILES string of the molecule is COc1cccc(C2/C(=C(\O)c3ccc([N+](=O)[O-])cc3)C(=O)C(=O)N2c2ccc3c(c2)OCCO3)c1. The normalized spacial score (nSPS) is 18.2. The van der Waals surface area contributed by atoms with Crippen molar-refractivity contribution in [2.45, 2.75) is 6.04 Å². The standard InChI is InChI=1S/C26H20N2O8/c1-34-19-4-2-3-16(13-19)23-22(24(29)15-5-7-17(8-6-15)28(32)33)25(30)26(31)27(23)18-9-10-20-21(14-18)36-12-11-35-20/h2-10,13-14,23,29H,11-12H2,1H3/b24-22+. The fourth-order valence-electron chi connectivity index (χ4n) is 4.30. The lowest BCUT2D eigenvalue weighted by atomic mass is 9.95. The first-order chi connectivity index (χ1) is 17.4. The number of rotatable bonds is 5. The Bertz CT molecular complexity index is 1410. The predicted octanol–water partition coefficient (Wildman–Crippen LogP) is 4.00. The van der Waals surface area contributed by atoms with E-state index in [2.05, 4.69) is 0 Å². The quantitative estimate of drug-likeness (QED) is 0.188. The molecular weight excluding hydrogens is 468 g/mol. The molecule has 1 atom stereocenters. The van der Waals surface area contributed by atoms with Crippen molar-refractivity contribution in [3.63, 3.8) is 0 Å². The zero-order valence-electron chi connectivity index (χ0n) is 19.0. The lowest BCUT2D eigenvalue weighted by molar-refractivity contribution is -0.384. The number of carbonyl (C=O) groups is 2. The molecule has 0 bridgehead atoms. The summed E-state index contributed by atoms with van der Waals surface area (Å²) in [4.78, 5) is 38.4. The fourth-order valence-corrected chi connectivity index (χ4v) is 4.30. The van der Waals surface area contributed by atoms with Crippen LogP contribution in [0.4, 0.5) is 11.4 Å². The van der Waals surface area contributed by atoms with E-state index in [-0.39, 0.29) is 16.8 Å². The Labute approximate surface area is 205 Å². The van der Waals surface area contributed by atoms with Crippen LogP contribution in [0.5, 0.6) is 17.2 Å². The number of hydrogen-bond acceptors (Lipinski definition) is 8. The fraction of sp³-hybridized carbons (Fsp3) is 0.154. The van der Waals surface area contributed by atoms with Crippen molar-refractivity contribution in [2.75, 3.05) is 25.2 Å². The van der Waals surface area contributed by atoms with Gasteiger partial charge >= 0.3 is 0 Å². The number of methoxy groups -OCH3 is 1. The van der Waals surface area contributed by atoms with Gasteiger partial charge in [0.05, 0.1) is 23.6 Å². The number of nitro benzene ring substituents is 1. The lowest BCUT2D eigenvalue weighted by Crippen LogP contribution is -2.29. The van der Waals surface area contributed by atoms with Crippen LogP contribution in [0, 0.1) is 10.1 Å². The molecule has 0 radical (unpaired) electrons. The Morgan fingerprint density at radius 3 is 2.44 bits per heavy atom. The molecule has 1 saturated heterocycles. The van der Waals surface area contributed by atoms with Crippen LogP contribution in [0.2, 0.25) is 0 Å². The summed E-state index contributed by atoms with van der Waals surface area (Å²) in [6.45, 7) is 0.741. The molecule has 0 saturated carbocycles. The van der Waals surface area contributed by atoms with Crippen molar-refractivity contribution < 1.29 is 33.8 Å². The summed E-state index contributed by atoms with van der Waals surface area (Å²) in [5.74, 6) is -0.742. The second kappa shape index (κ2) is 9.06. The van der Waals surface area contributed by atoms with Crippen LogP contribution in [0.25, 0.3) is 5.76 Å². The molecule has 0 aliphatic carbocycles. The first kappa shape index (κ1) is 22.9. The van der Waals surface area contributed by atoms with Gasteiger partial charge in [0.15, 0.2) is 11.5 Å². The van der Waals surface area contributed by atoms with Gasteiger partial charge in [-0.3, -0.25) is 24.6 Å². The lowest BCUT2D eigenvalue weighted by Gasteiger charge is -2.27. The van der Waals surface area contributed by atoms with Gasteiger partial charge in [-0.1, -0.05) is 12.1 Å². The van der Waals surface area contributed by atoms with Crippen molar-refractivity contribution in [3.8, 4) is 17.2 Å². The van der Waals surface area contributed by atoms with Gasteiger partial charge in [-0.2, -0.15) is 0 Å². The van der Waals surface area contributed by atoms with Crippen LogP contribution >= 0.6 is 0 Å². The van der Waals surface area contributed by atoms with Crippen molar-refractivity contribution in [1.82, 2.24) is 0 Å². The number of aliphatic hydroxyl groups excluding tert-OH is 1. The minimum absolute atomic E-state index is 0.156. The van der Waals surface area contributed by atoms with Crippen molar-refractivity contribution in [2.24, 2.45) is 0 Å². The highest BCUT2D eigenvalue weighted by atomic mass is 16.6. The first-order valence-electron chi connectivity index (χ1n) is 11.0. The van der Waals surface area contributed by atoms with Crippen LogP contribution < -0.4 is 19.1 Å². The number of carbonyl (C=O) groups excluding carboxylic acids is 2. The summed E-state index contributed by atoms with van der Waals surface area (Å²) in [7, 11) is 1.49.